The van der Waals surface area contributed by atoms with Crippen molar-refractivity contribution in [3.63, 3.8) is 0 Å². The van der Waals surface area contributed by atoms with Gasteiger partial charge in [-0.1, -0.05) is 0 Å². The highest BCUT2D eigenvalue weighted by Crippen LogP contribution is 2.16. The van der Waals surface area contributed by atoms with Gasteiger partial charge >= 0.3 is 11.8 Å². The van der Waals surface area contributed by atoms with Gasteiger partial charge in [0.05, 0.1) is 11.7 Å². The van der Waals surface area contributed by atoms with Crippen LogP contribution in [0.1, 0.15) is 0 Å². The highest BCUT2D eigenvalue weighted by atomic mass is 16.4. The SMILES string of the molecule is CN(C)C(=O)Nc1cnn(CC(=O)Nc2ccc3[nH]c(=O)oc3c2)n1. The van der Waals surface area contributed by atoms with Crippen LogP contribution in [0.2, 0.25) is 0 Å². The van der Waals surface area contributed by atoms with E-state index in [0.29, 0.717) is 16.8 Å². The Kier molecular flexibility index (Phi) is 4.20. The molecule has 3 rings (SSSR count). The van der Waals surface area contributed by atoms with Crippen molar-refractivity contribution in [3.8, 4) is 0 Å². The van der Waals surface area contributed by atoms with Gasteiger partial charge in [-0.05, 0) is 12.1 Å². The van der Waals surface area contributed by atoms with E-state index in [1.807, 2.05) is 0 Å². The second-order valence-corrected chi connectivity index (χ2v) is 5.36. The third-order valence-electron chi connectivity index (χ3n) is 3.17. The van der Waals surface area contributed by atoms with E-state index in [2.05, 4.69) is 25.8 Å². The number of urea groups is 1. The van der Waals surface area contributed by atoms with Crippen LogP contribution in [-0.2, 0) is 11.3 Å². The van der Waals surface area contributed by atoms with Gasteiger partial charge in [0, 0.05) is 25.8 Å². The molecule has 2 aromatic heterocycles. The third-order valence-corrected chi connectivity index (χ3v) is 3.17. The van der Waals surface area contributed by atoms with Crippen molar-refractivity contribution in [1.29, 1.82) is 0 Å². The van der Waals surface area contributed by atoms with Crippen LogP contribution in [-0.4, -0.2) is 50.9 Å². The van der Waals surface area contributed by atoms with Crippen LogP contribution in [0.5, 0.6) is 0 Å². The zero-order chi connectivity index (χ0) is 18.0. The van der Waals surface area contributed by atoms with Gasteiger partial charge in [-0.15, -0.1) is 5.10 Å². The van der Waals surface area contributed by atoms with Gasteiger partial charge in [-0.3, -0.25) is 15.1 Å². The molecule has 0 aliphatic carbocycles. The van der Waals surface area contributed by atoms with Crippen molar-refractivity contribution in [3.05, 3.63) is 34.9 Å². The zero-order valence-corrected chi connectivity index (χ0v) is 13.4. The molecule has 0 fully saturated rings. The molecule has 0 aliphatic heterocycles. The number of H-pyrrole nitrogens is 1. The summed E-state index contributed by atoms with van der Waals surface area (Å²) in [6.07, 6.45) is 1.34. The summed E-state index contributed by atoms with van der Waals surface area (Å²) in [4.78, 5) is 39.7. The number of aromatic nitrogens is 4. The predicted octanol–water partition coefficient (Wildman–Crippen LogP) is 0.445. The van der Waals surface area contributed by atoms with Crippen LogP contribution < -0.4 is 16.4 Å². The number of aromatic amines is 1. The van der Waals surface area contributed by atoms with E-state index < -0.39 is 5.76 Å². The summed E-state index contributed by atoms with van der Waals surface area (Å²) in [6.45, 7) is -0.146. The van der Waals surface area contributed by atoms with Gasteiger partial charge in [-0.2, -0.15) is 9.90 Å². The molecule has 2 heterocycles. The van der Waals surface area contributed by atoms with E-state index in [1.165, 1.54) is 17.2 Å². The molecule has 11 heteroatoms. The number of nitrogens with zero attached hydrogens (tertiary/aromatic N) is 4. The van der Waals surface area contributed by atoms with Crippen molar-refractivity contribution in [1.82, 2.24) is 24.9 Å². The molecule has 0 radical (unpaired) electrons. The van der Waals surface area contributed by atoms with E-state index in [0.717, 1.165) is 4.80 Å². The van der Waals surface area contributed by atoms with Crippen molar-refractivity contribution in [2.75, 3.05) is 24.7 Å². The second-order valence-electron chi connectivity index (χ2n) is 5.36. The predicted molar refractivity (Wildman–Crippen MR) is 88.2 cm³/mol. The average molecular weight is 345 g/mol. The molecule has 0 unspecified atom stereocenters. The number of nitrogens with one attached hydrogen (secondary N) is 3. The monoisotopic (exact) mass is 345 g/mol. The molecule has 0 aliphatic rings. The summed E-state index contributed by atoms with van der Waals surface area (Å²) >= 11 is 0. The fourth-order valence-corrected chi connectivity index (χ4v) is 2.00. The van der Waals surface area contributed by atoms with Gasteiger partial charge in [0.25, 0.3) is 0 Å². The first kappa shape index (κ1) is 16.2. The summed E-state index contributed by atoms with van der Waals surface area (Å²) in [6, 6.07) is 4.43. The lowest BCUT2D eigenvalue weighted by Gasteiger charge is -2.09. The third kappa shape index (κ3) is 3.83. The van der Waals surface area contributed by atoms with Gasteiger partial charge in [0.1, 0.15) is 6.54 Å². The molecule has 3 amide bonds. The number of oxazole rings is 1. The van der Waals surface area contributed by atoms with Crippen molar-refractivity contribution >= 4 is 34.5 Å². The van der Waals surface area contributed by atoms with Crippen LogP contribution in [0.3, 0.4) is 0 Å². The average Bonchev–Trinajstić information content (AvgIpc) is 3.11. The first-order valence-electron chi connectivity index (χ1n) is 7.22. The molecular weight excluding hydrogens is 330 g/mol. The zero-order valence-electron chi connectivity index (χ0n) is 13.4. The summed E-state index contributed by atoms with van der Waals surface area (Å²) in [5.41, 5.74) is 1.35. The Morgan fingerprint density at radius 1 is 1.32 bits per heavy atom. The summed E-state index contributed by atoms with van der Waals surface area (Å²) in [7, 11) is 3.19. The number of carbonyl (C=O) groups is 2. The number of hydrogen-bond acceptors (Lipinski definition) is 6. The van der Waals surface area contributed by atoms with Gasteiger partial charge in [-0.25, -0.2) is 9.59 Å². The highest BCUT2D eigenvalue weighted by Gasteiger charge is 2.10. The number of amides is 3. The Labute approximate surface area is 140 Å². The van der Waals surface area contributed by atoms with E-state index in [4.69, 9.17) is 4.42 Å². The quantitative estimate of drug-likeness (QED) is 0.627. The van der Waals surface area contributed by atoms with Crippen molar-refractivity contribution in [2.24, 2.45) is 0 Å². The molecule has 25 heavy (non-hydrogen) atoms. The van der Waals surface area contributed by atoms with E-state index in [9.17, 15) is 14.4 Å². The molecule has 11 nitrogen and oxygen atoms in total. The molecule has 0 bridgehead atoms. The minimum absolute atomic E-state index is 0.146. The molecule has 0 atom stereocenters. The minimum Gasteiger partial charge on any atom is -0.408 e. The summed E-state index contributed by atoms with van der Waals surface area (Å²) < 4.78 is 4.93. The molecule has 0 spiro atoms. The second kappa shape index (κ2) is 6.47. The number of benzene rings is 1. The first-order chi connectivity index (χ1) is 11.9. The van der Waals surface area contributed by atoms with Crippen LogP contribution in [0.15, 0.2) is 33.6 Å². The number of anilines is 2. The van der Waals surface area contributed by atoms with Gasteiger partial charge in [0.2, 0.25) is 5.91 Å². The Bertz CT molecular complexity index is 984. The summed E-state index contributed by atoms with van der Waals surface area (Å²) in [5, 5.41) is 13.1. The normalized spacial score (nSPS) is 10.6. The van der Waals surface area contributed by atoms with Crippen molar-refractivity contribution < 1.29 is 14.0 Å². The molecule has 3 N–H and O–H groups in total. The van der Waals surface area contributed by atoms with Crippen LogP contribution in [0.25, 0.3) is 11.1 Å². The lowest BCUT2D eigenvalue weighted by molar-refractivity contribution is -0.117. The Balaban J connectivity index is 1.62. The Hall–Kier alpha value is -3.63. The Morgan fingerprint density at radius 3 is 2.88 bits per heavy atom. The van der Waals surface area contributed by atoms with Crippen LogP contribution in [0.4, 0.5) is 16.3 Å². The standard InChI is InChI=1S/C14H15N7O4/c1-20(2)13(23)18-11-6-15-21(19-11)7-12(22)16-8-3-4-9-10(5-8)25-14(24)17-9/h3-6H,7H2,1-2H3,(H,16,22)(H,17,24)(H,18,19,23). The minimum atomic E-state index is -0.563. The van der Waals surface area contributed by atoms with E-state index >= 15 is 0 Å². The lowest BCUT2D eigenvalue weighted by Crippen LogP contribution is -2.27. The highest BCUT2D eigenvalue weighted by molar-refractivity contribution is 5.92. The smallest absolute Gasteiger partial charge is 0.408 e. The largest absolute Gasteiger partial charge is 0.417 e. The van der Waals surface area contributed by atoms with Gasteiger partial charge < -0.3 is 14.6 Å². The molecule has 0 saturated carbocycles. The molecular formula is C14H15N7O4. The van der Waals surface area contributed by atoms with E-state index in [-0.39, 0.29) is 24.3 Å². The fourth-order valence-electron chi connectivity index (χ4n) is 2.00. The maximum Gasteiger partial charge on any atom is 0.417 e. The number of rotatable bonds is 4. The maximum atomic E-state index is 12.1. The molecule has 3 aromatic rings. The van der Waals surface area contributed by atoms with E-state index in [1.54, 1.807) is 26.2 Å². The van der Waals surface area contributed by atoms with Crippen molar-refractivity contribution in [2.45, 2.75) is 6.54 Å². The topological polar surface area (TPSA) is 138 Å². The first-order valence-corrected chi connectivity index (χ1v) is 7.22. The molecule has 130 valence electrons. The summed E-state index contributed by atoms with van der Waals surface area (Å²) in [5.74, 6) is -0.702. The maximum absolute atomic E-state index is 12.1. The van der Waals surface area contributed by atoms with Crippen LogP contribution in [0, 0.1) is 0 Å². The fraction of sp³-hybridized carbons (Fsp3) is 0.214. The molecule has 0 saturated heterocycles. The van der Waals surface area contributed by atoms with Crippen LogP contribution >= 0.6 is 0 Å². The lowest BCUT2D eigenvalue weighted by atomic mass is 10.3. The van der Waals surface area contributed by atoms with Gasteiger partial charge in [0.15, 0.2) is 11.4 Å². The number of fused-ring (bicyclic) bond motifs is 1. The molecule has 1 aromatic carbocycles. The number of hydrogen-bond donors (Lipinski definition) is 3. The Morgan fingerprint density at radius 2 is 2.12 bits per heavy atom. The number of carbonyl (C=O) groups excluding carboxylic acids is 2.